The minimum atomic E-state index is -0.0694. The first kappa shape index (κ1) is 19.3. The smallest absolute Gasteiger partial charge is 0.256 e. The number of amides is 1. The Kier molecular flexibility index (Phi) is 6.29. The van der Waals surface area contributed by atoms with Gasteiger partial charge in [0.25, 0.3) is 5.91 Å². The number of hydrogen-bond donors (Lipinski definition) is 2. The lowest BCUT2D eigenvalue weighted by Gasteiger charge is -2.23. The van der Waals surface area contributed by atoms with Gasteiger partial charge in [0.2, 0.25) is 0 Å². The van der Waals surface area contributed by atoms with Gasteiger partial charge < -0.3 is 15.4 Å². The van der Waals surface area contributed by atoms with Crippen molar-refractivity contribution in [2.45, 2.75) is 44.2 Å². The quantitative estimate of drug-likeness (QED) is 0.812. The van der Waals surface area contributed by atoms with E-state index in [0.29, 0.717) is 23.6 Å². The molecular weight excluding hydrogens is 370 g/mol. The third-order valence-corrected chi connectivity index (χ3v) is 5.70. The minimum Gasteiger partial charge on any atom is -0.381 e. The van der Waals surface area contributed by atoms with Crippen molar-refractivity contribution in [3.63, 3.8) is 0 Å². The fraction of sp³-hybridized carbons (Fsp3) is 0.474. The predicted molar refractivity (Wildman–Crippen MR) is 107 cm³/mol. The molecule has 2 aromatic rings. The molecule has 1 aliphatic heterocycles. The van der Waals surface area contributed by atoms with Crippen molar-refractivity contribution in [3.05, 3.63) is 47.2 Å². The number of aromatic nitrogens is 1. The number of nitrogens with zero attached hydrogens (tertiary/aromatic N) is 1. The molecule has 1 aromatic heterocycles. The summed E-state index contributed by atoms with van der Waals surface area (Å²) in [7, 11) is 0. The Balaban J connectivity index is 0.00000196. The minimum absolute atomic E-state index is 0. The molecule has 1 aliphatic carbocycles. The zero-order valence-corrected chi connectivity index (χ0v) is 16.4. The molecule has 0 radical (unpaired) electrons. The molecule has 1 aromatic carbocycles. The normalized spacial score (nSPS) is 22.5. The molecule has 2 heterocycles. The monoisotopic (exact) mass is 393 g/mol. The van der Waals surface area contributed by atoms with Gasteiger partial charge >= 0.3 is 0 Å². The maximum Gasteiger partial charge on any atom is 0.256 e. The molecule has 1 saturated heterocycles. The summed E-state index contributed by atoms with van der Waals surface area (Å²) in [5, 5.41) is 7.47. The highest BCUT2D eigenvalue weighted by Crippen LogP contribution is 2.41. The van der Waals surface area contributed by atoms with Crippen LogP contribution < -0.4 is 10.6 Å². The first-order valence-electron chi connectivity index (χ1n) is 8.87. The van der Waals surface area contributed by atoms with Crippen LogP contribution in [0.2, 0.25) is 0 Å². The molecular formula is C19H24ClN3O2S. The van der Waals surface area contributed by atoms with Crippen LogP contribution >= 0.6 is 23.9 Å². The molecule has 2 N–H and O–H groups in total. The third-order valence-electron chi connectivity index (χ3n) is 4.90. The predicted octanol–water partition coefficient (Wildman–Crippen LogP) is 3.75. The second-order valence-electron chi connectivity index (χ2n) is 6.91. The Hall–Kier alpha value is -1.47. The zero-order valence-electron chi connectivity index (χ0n) is 14.7. The Morgan fingerprint density at radius 1 is 1.27 bits per heavy atom. The van der Waals surface area contributed by atoms with Crippen LogP contribution in [-0.4, -0.2) is 35.6 Å². The van der Waals surface area contributed by atoms with Gasteiger partial charge in [-0.05, 0) is 61.5 Å². The van der Waals surface area contributed by atoms with Gasteiger partial charge in [-0.3, -0.25) is 4.79 Å². The van der Waals surface area contributed by atoms with E-state index in [9.17, 15) is 4.79 Å². The Morgan fingerprint density at radius 2 is 2.08 bits per heavy atom. The number of carbonyl (C=O) groups excluding carboxylic acids is 1. The molecule has 1 saturated carbocycles. The molecule has 4 rings (SSSR count). The Bertz CT molecular complexity index is 761. The topological polar surface area (TPSA) is 63.2 Å². The standard InChI is InChI=1S/C19H23N3O2S.ClH/c1-12-9-18(25-22-12)21-19(23)14-4-2-3-13(10-14)16-11-17(16)20-15-5-7-24-8-6-15;/h2-4,9-10,15-17,20H,5-8,11H2,1H3,(H,21,23);1H/t16-,17+;/m0./s1. The van der Waals surface area contributed by atoms with Crippen LogP contribution in [0.25, 0.3) is 0 Å². The Morgan fingerprint density at radius 3 is 2.81 bits per heavy atom. The summed E-state index contributed by atoms with van der Waals surface area (Å²) in [5.74, 6) is 0.446. The number of benzene rings is 1. The number of aryl methyl sites for hydroxylation is 1. The van der Waals surface area contributed by atoms with E-state index >= 15 is 0 Å². The SMILES string of the molecule is Cc1cc(NC(=O)c2cccc([C@@H]3C[C@H]3NC3CCOCC3)c2)sn1.Cl. The average molecular weight is 394 g/mol. The van der Waals surface area contributed by atoms with Crippen LogP contribution in [0.3, 0.4) is 0 Å². The molecule has 0 bridgehead atoms. The molecule has 26 heavy (non-hydrogen) atoms. The van der Waals surface area contributed by atoms with Gasteiger partial charge in [0, 0.05) is 36.8 Å². The number of carbonyl (C=O) groups is 1. The van der Waals surface area contributed by atoms with Crippen LogP contribution in [0.15, 0.2) is 30.3 Å². The molecule has 1 amide bonds. The number of ether oxygens (including phenoxy) is 1. The lowest BCUT2D eigenvalue weighted by molar-refractivity contribution is 0.0774. The van der Waals surface area contributed by atoms with E-state index in [1.54, 1.807) is 0 Å². The first-order chi connectivity index (χ1) is 12.2. The van der Waals surface area contributed by atoms with Crippen LogP contribution in [0.5, 0.6) is 0 Å². The van der Waals surface area contributed by atoms with Crippen LogP contribution in [0.4, 0.5) is 5.00 Å². The molecule has 0 unspecified atom stereocenters. The lowest BCUT2D eigenvalue weighted by atomic mass is 10.1. The number of anilines is 1. The number of hydrogen-bond acceptors (Lipinski definition) is 5. The summed E-state index contributed by atoms with van der Waals surface area (Å²) in [4.78, 5) is 12.5. The molecule has 140 valence electrons. The number of nitrogens with one attached hydrogen (secondary N) is 2. The van der Waals surface area contributed by atoms with E-state index in [0.717, 1.165) is 43.2 Å². The summed E-state index contributed by atoms with van der Waals surface area (Å²) < 4.78 is 9.61. The van der Waals surface area contributed by atoms with Gasteiger partial charge in [-0.15, -0.1) is 12.4 Å². The summed E-state index contributed by atoms with van der Waals surface area (Å²) in [5.41, 5.74) is 2.88. The van der Waals surface area contributed by atoms with Crippen molar-refractivity contribution in [3.8, 4) is 0 Å². The molecule has 2 atom stereocenters. The van der Waals surface area contributed by atoms with Crippen molar-refractivity contribution in [1.82, 2.24) is 9.69 Å². The molecule has 7 heteroatoms. The van der Waals surface area contributed by atoms with Gasteiger partial charge in [0.15, 0.2) is 0 Å². The number of rotatable bonds is 5. The van der Waals surface area contributed by atoms with Crippen molar-refractivity contribution in [1.29, 1.82) is 0 Å². The van der Waals surface area contributed by atoms with Crippen LogP contribution in [-0.2, 0) is 4.74 Å². The number of halogens is 1. The molecule has 0 spiro atoms. The fourth-order valence-electron chi connectivity index (χ4n) is 3.43. The van der Waals surface area contributed by atoms with Crippen molar-refractivity contribution in [2.75, 3.05) is 18.5 Å². The summed E-state index contributed by atoms with van der Waals surface area (Å²) in [6.45, 7) is 3.65. The van der Waals surface area contributed by atoms with E-state index in [-0.39, 0.29) is 18.3 Å². The highest BCUT2D eigenvalue weighted by atomic mass is 35.5. The second kappa shape index (κ2) is 8.48. The van der Waals surface area contributed by atoms with E-state index < -0.39 is 0 Å². The van der Waals surface area contributed by atoms with Gasteiger partial charge in [0.05, 0.1) is 5.69 Å². The van der Waals surface area contributed by atoms with Crippen molar-refractivity contribution in [2.24, 2.45) is 0 Å². The van der Waals surface area contributed by atoms with E-state index in [2.05, 4.69) is 21.1 Å². The molecule has 2 aliphatic rings. The fourth-order valence-corrected chi connectivity index (χ4v) is 4.09. The zero-order chi connectivity index (χ0) is 17.2. The van der Waals surface area contributed by atoms with Crippen LogP contribution in [0, 0.1) is 6.92 Å². The van der Waals surface area contributed by atoms with Crippen LogP contribution in [0.1, 0.15) is 46.8 Å². The highest BCUT2D eigenvalue weighted by molar-refractivity contribution is 7.10. The largest absolute Gasteiger partial charge is 0.381 e. The van der Waals surface area contributed by atoms with E-state index in [4.69, 9.17) is 4.74 Å². The van der Waals surface area contributed by atoms with Gasteiger partial charge in [-0.2, -0.15) is 4.37 Å². The average Bonchev–Trinajstić information content (AvgIpc) is 3.28. The van der Waals surface area contributed by atoms with Gasteiger partial charge in [-0.1, -0.05) is 12.1 Å². The summed E-state index contributed by atoms with van der Waals surface area (Å²) in [6.07, 6.45) is 3.34. The third kappa shape index (κ3) is 4.62. The summed E-state index contributed by atoms with van der Waals surface area (Å²) >= 11 is 1.31. The van der Waals surface area contributed by atoms with Gasteiger partial charge in [-0.25, -0.2) is 0 Å². The molecule has 2 fully saturated rings. The Labute approximate surface area is 164 Å². The van der Waals surface area contributed by atoms with E-state index in [1.807, 2.05) is 31.2 Å². The second-order valence-corrected chi connectivity index (χ2v) is 7.72. The van der Waals surface area contributed by atoms with Crippen molar-refractivity contribution < 1.29 is 9.53 Å². The molecule has 5 nitrogen and oxygen atoms in total. The van der Waals surface area contributed by atoms with E-state index in [1.165, 1.54) is 17.1 Å². The van der Waals surface area contributed by atoms with Gasteiger partial charge in [0.1, 0.15) is 5.00 Å². The lowest BCUT2D eigenvalue weighted by Crippen LogP contribution is -2.36. The summed E-state index contributed by atoms with van der Waals surface area (Å²) in [6, 6.07) is 11.0. The first-order valence-corrected chi connectivity index (χ1v) is 9.65. The maximum atomic E-state index is 12.5. The highest BCUT2D eigenvalue weighted by Gasteiger charge is 2.39. The van der Waals surface area contributed by atoms with Crippen molar-refractivity contribution >= 4 is 34.8 Å². The maximum absolute atomic E-state index is 12.5.